The molecule has 19 heavy (non-hydrogen) atoms. The predicted octanol–water partition coefficient (Wildman–Crippen LogP) is 2.29. The number of aromatic nitrogens is 1. The number of benzene rings is 1. The van der Waals surface area contributed by atoms with Gasteiger partial charge in [0.1, 0.15) is 5.75 Å². The van der Waals surface area contributed by atoms with Crippen molar-refractivity contribution in [2.45, 2.75) is 11.8 Å². The highest BCUT2D eigenvalue weighted by Gasteiger charge is 2.24. The number of hydrogen-bond acceptors (Lipinski definition) is 5. The number of ether oxygens (including phenoxy) is 1. The highest BCUT2D eigenvalue weighted by Crippen LogP contribution is 2.27. The zero-order valence-electron chi connectivity index (χ0n) is 10.8. The maximum atomic E-state index is 12.5. The van der Waals surface area contributed by atoms with Crippen LogP contribution in [0, 0.1) is 6.92 Å². The fraction of sp³-hybridized carbons (Fsp3) is 0.250. The Morgan fingerprint density at radius 1 is 1.37 bits per heavy atom. The first-order valence-electron chi connectivity index (χ1n) is 5.50. The molecule has 1 aromatic carbocycles. The molecule has 0 fully saturated rings. The van der Waals surface area contributed by atoms with E-state index in [1.54, 1.807) is 43.8 Å². The molecule has 0 aliphatic carbocycles. The minimum atomic E-state index is -3.59. The largest absolute Gasteiger partial charge is 0.497 e. The van der Waals surface area contributed by atoms with Crippen molar-refractivity contribution in [3.63, 3.8) is 0 Å². The molecule has 2 rings (SSSR count). The fourth-order valence-corrected chi connectivity index (χ4v) is 3.85. The van der Waals surface area contributed by atoms with Gasteiger partial charge in [0, 0.05) is 18.6 Å². The summed E-state index contributed by atoms with van der Waals surface area (Å²) in [4.78, 5) is 4.27. The summed E-state index contributed by atoms with van der Waals surface area (Å²) in [5.41, 5.74) is 0.641. The van der Waals surface area contributed by atoms with Crippen LogP contribution in [0.3, 0.4) is 0 Å². The molecule has 0 unspecified atom stereocenters. The molecule has 0 saturated heterocycles. The molecule has 102 valence electrons. The lowest BCUT2D eigenvalue weighted by Crippen LogP contribution is -2.27. The van der Waals surface area contributed by atoms with Crippen molar-refractivity contribution in [2.75, 3.05) is 18.5 Å². The minimum absolute atomic E-state index is 0.256. The molecule has 0 saturated carbocycles. The summed E-state index contributed by atoms with van der Waals surface area (Å²) < 4.78 is 31.3. The zero-order valence-corrected chi connectivity index (χ0v) is 12.5. The SMILES string of the molecule is COc1ccc(S(=O)(=O)N(C)c2nccs2)c(C)c1. The van der Waals surface area contributed by atoms with Crippen molar-refractivity contribution in [3.05, 3.63) is 35.3 Å². The molecule has 0 bridgehead atoms. The van der Waals surface area contributed by atoms with Gasteiger partial charge in [-0.1, -0.05) is 0 Å². The number of thiazole rings is 1. The van der Waals surface area contributed by atoms with Crippen molar-refractivity contribution >= 4 is 26.5 Å². The van der Waals surface area contributed by atoms with Gasteiger partial charge in [0.05, 0.1) is 12.0 Å². The Balaban J connectivity index is 2.45. The van der Waals surface area contributed by atoms with Crippen LogP contribution in [0.2, 0.25) is 0 Å². The van der Waals surface area contributed by atoms with Gasteiger partial charge in [-0.25, -0.2) is 17.7 Å². The summed E-state index contributed by atoms with van der Waals surface area (Å²) in [5, 5.41) is 2.18. The lowest BCUT2D eigenvalue weighted by Gasteiger charge is -2.18. The first-order valence-corrected chi connectivity index (χ1v) is 7.82. The third kappa shape index (κ3) is 2.57. The maximum absolute atomic E-state index is 12.5. The number of methoxy groups -OCH3 is 1. The van der Waals surface area contributed by atoms with Gasteiger partial charge in [0.25, 0.3) is 10.0 Å². The summed E-state index contributed by atoms with van der Waals surface area (Å²) in [6.45, 7) is 1.74. The number of aryl methyl sites for hydroxylation is 1. The molecule has 5 nitrogen and oxygen atoms in total. The Kier molecular flexibility index (Phi) is 3.77. The van der Waals surface area contributed by atoms with E-state index in [0.29, 0.717) is 16.4 Å². The average molecular weight is 298 g/mol. The van der Waals surface area contributed by atoms with Crippen LogP contribution in [-0.4, -0.2) is 27.6 Å². The Bertz CT molecular complexity index is 666. The third-order valence-electron chi connectivity index (χ3n) is 2.71. The van der Waals surface area contributed by atoms with Crippen LogP contribution < -0.4 is 9.04 Å². The molecule has 0 aliphatic rings. The molecule has 7 heteroatoms. The van der Waals surface area contributed by atoms with E-state index in [4.69, 9.17) is 4.74 Å². The summed E-state index contributed by atoms with van der Waals surface area (Å²) in [6.07, 6.45) is 1.58. The summed E-state index contributed by atoms with van der Waals surface area (Å²) >= 11 is 1.28. The molecule has 0 atom stereocenters. The van der Waals surface area contributed by atoms with Crippen LogP contribution in [0.1, 0.15) is 5.56 Å². The van der Waals surface area contributed by atoms with Crippen LogP contribution in [-0.2, 0) is 10.0 Å². The van der Waals surface area contributed by atoms with E-state index in [-0.39, 0.29) is 4.90 Å². The lowest BCUT2D eigenvalue weighted by atomic mass is 10.2. The van der Waals surface area contributed by atoms with Crippen LogP contribution in [0.4, 0.5) is 5.13 Å². The van der Waals surface area contributed by atoms with Crippen molar-refractivity contribution in [2.24, 2.45) is 0 Å². The standard InChI is InChI=1S/C12H14N2O3S2/c1-9-8-10(17-3)4-5-11(9)19(15,16)14(2)12-13-6-7-18-12/h4-8H,1-3H3. The van der Waals surface area contributed by atoms with Crippen molar-refractivity contribution in [1.82, 2.24) is 4.98 Å². The topological polar surface area (TPSA) is 59.5 Å². The average Bonchev–Trinajstić information content (AvgIpc) is 2.90. The van der Waals surface area contributed by atoms with Crippen molar-refractivity contribution in [1.29, 1.82) is 0 Å². The van der Waals surface area contributed by atoms with E-state index < -0.39 is 10.0 Å². The number of nitrogens with zero attached hydrogens (tertiary/aromatic N) is 2. The lowest BCUT2D eigenvalue weighted by molar-refractivity contribution is 0.414. The van der Waals surface area contributed by atoms with Crippen molar-refractivity contribution < 1.29 is 13.2 Å². The predicted molar refractivity (Wildman–Crippen MR) is 75.4 cm³/mol. The highest BCUT2D eigenvalue weighted by molar-refractivity contribution is 7.93. The Morgan fingerprint density at radius 2 is 2.11 bits per heavy atom. The van der Waals surface area contributed by atoms with Gasteiger partial charge >= 0.3 is 0 Å². The molecule has 0 N–H and O–H groups in total. The summed E-state index contributed by atoms with van der Waals surface area (Å²) in [7, 11) is -0.548. The Morgan fingerprint density at radius 3 is 2.63 bits per heavy atom. The second-order valence-electron chi connectivity index (χ2n) is 3.92. The van der Waals surface area contributed by atoms with Crippen LogP contribution in [0.25, 0.3) is 0 Å². The van der Waals surface area contributed by atoms with Crippen LogP contribution >= 0.6 is 11.3 Å². The van der Waals surface area contributed by atoms with Crippen LogP contribution in [0.15, 0.2) is 34.7 Å². The molecule has 0 aliphatic heterocycles. The molecular weight excluding hydrogens is 284 g/mol. The fourth-order valence-electron chi connectivity index (χ4n) is 1.66. The number of anilines is 1. The zero-order chi connectivity index (χ0) is 14.0. The molecule has 0 spiro atoms. The van der Waals surface area contributed by atoms with E-state index in [1.165, 1.54) is 22.7 Å². The molecule has 2 aromatic rings. The van der Waals surface area contributed by atoms with Gasteiger partial charge in [-0.15, -0.1) is 11.3 Å². The quantitative estimate of drug-likeness (QED) is 0.869. The second kappa shape index (κ2) is 5.18. The summed E-state index contributed by atoms with van der Waals surface area (Å²) in [5.74, 6) is 0.633. The van der Waals surface area contributed by atoms with E-state index in [2.05, 4.69) is 4.98 Å². The van der Waals surface area contributed by atoms with Crippen LogP contribution in [0.5, 0.6) is 5.75 Å². The second-order valence-corrected chi connectivity index (χ2v) is 6.73. The maximum Gasteiger partial charge on any atom is 0.266 e. The van der Waals surface area contributed by atoms with Gasteiger partial charge < -0.3 is 4.74 Å². The Labute approximate surface area is 116 Å². The Hall–Kier alpha value is -1.60. The minimum Gasteiger partial charge on any atom is -0.497 e. The molecule has 0 radical (unpaired) electrons. The number of rotatable bonds is 4. The van der Waals surface area contributed by atoms with E-state index in [0.717, 1.165) is 0 Å². The first-order chi connectivity index (χ1) is 8.96. The van der Waals surface area contributed by atoms with Gasteiger partial charge in [-0.05, 0) is 30.7 Å². The monoisotopic (exact) mass is 298 g/mol. The molecular formula is C12H14N2O3S2. The van der Waals surface area contributed by atoms with Gasteiger partial charge in [0.15, 0.2) is 5.13 Å². The van der Waals surface area contributed by atoms with Crippen molar-refractivity contribution in [3.8, 4) is 5.75 Å². The molecule has 1 heterocycles. The summed E-state index contributed by atoms with van der Waals surface area (Å²) in [6, 6.07) is 4.88. The first kappa shape index (κ1) is 13.8. The van der Waals surface area contributed by atoms with Gasteiger partial charge in [0.2, 0.25) is 0 Å². The number of hydrogen-bond donors (Lipinski definition) is 0. The molecule has 1 aromatic heterocycles. The van der Waals surface area contributed by atoms with E-state index >= 15 is 0 Å². The molecule has 0 amide bonds. The normalized spacial score (nSPS) is 11.3. The van der Waals surface area contributed by atoms with E-state index in [1.807, 2.05) is 0 Å². The highest BCUT2D eigenvalue weighted by atomic mass is 32.2. The van der Waals surface area contributed by atoms with Gasteiger partial charge in [-0.2, -0.15) is 0 Å². The van der Waals surface area contributed by atoms with E-state index in [9.17, 15) is 8.42 Å². The van der Waals surface area contributed by atoms with Gasteiger partial charge in [-0.3, -0.25) is 0 Å². The third-order valence-corrected chi connectivity index (χ3v) is 5.58. The smallest absolute Gasteiger partial charge is 0.266 e. The number of sulfonamides is 1.